The largest absolute Gasteiger partial charge is 0.346 e. The first-order chi connectivity index (χ1) is 8.32. The van der Waals surface area contributed by atoms with Gasteiger partial charge in [0.2, 0.25) is 0 Å². The van der Waals surface area contributed by atoms with E-state index in [1.807, 2.05) is 13.8 Å². The lowest BCUT2D eigenvalue weighted by Gasteiger charge is -2.14. The minimum Gasteiger partial charge on any atom is -0.346 e. The number of hydrogen-bond donors (Lipinski definition) is 2. The van der Waals surface area contributed by atoms with Gasteiger partial charge in [-0.05, 0) is 53.2 Å². The fourth-order valence-electron chi connectivity index (χ4n) is 2.31. The van der Waals surface area contributed by atoms with Gasteiger partial charge in [-0.25, -0.2) is 4.79 Å². The number of carbonyl (C=O) groups is 1. The second-order valence-corrected chi connectivity index (χ2v) is 5.34. The monoisotopic (exact) mass is 251 g/mol. The Kier molecular flexibility index (Phi) is 4.82. The maximum absolute atomic E-state index is 11.5. The summed E-state index contributed by atoms with van der Waals surface area (Å²) in [7, 11) is 0. The van der Waals surface area contributed by atoms with Gasteiger partial charge in [0.1, 0.15) is 0 Å². The zero-order chi connectivity index (χ0) is 13.9. The molecular weight excluding hydrogens is 226 g/mol. The second-order valence-electron chi connectivity index (χ2n) is 5.34. The van der Waals surface area contributed by atoms with Crippen LogP contribution in [0.2, 0.25) is 0 Å². The molecule has 0 aromatic carbocycles. The summed E-state index contributed by atoms with van der Waals surface area (Å²) in [5.74, 6) is 0. The van der Waals surface area contributed by atoms with Crippen LogP contribution in [0.5, 0.6) is 0 Å². The van der Waals surface area contributed by atoms with Gasteiger partial charge in [0.25, 0.3) is 0 Å². The zero-order valence-electron chi connectivity index (χ0n) is 12.3. The van der Waals surface area contributed by atoms with Crippen LogP contribution in [0, 0.1) is 13.8 Å². The van der Waals surface area contributed by atoms with E-state index in [-0.39, 0.29) is 12.1 Å². The third kappa shape index (κ3) is 3.52. The molecule has 0 atom stereocenters. The molecule has 0 bridgehead atoms. The predicted octanol–water partition coefficient (Wildman–Crippen LogP) is 2.89. The molecule has 0 saturated heterocycles. The van der Waals surface area contributed by atoms with Crippen molar-refractivity contribution < 1.29 is 4.79 Å². The number of aryl methyl sites for hydroxylation is 1. The van der Waals surface area contributed by atoms with Crippen LogP contribution in [-0.2, 0) is 6.54 Å². The van der Waals surface area contributed by atoms with Crippen molar-refractivity contribution in [2.45, 2.75) is 60.2 Å². The highest BCUT2D eigenvalue weighted by Gasteiger charge is 2.12. The first-order valence-corrected chi connectivity index (χ1v) is 6.54. The summed E-state index contributed by atoms with van der Waals surface area (Å²) in [6, 6.07) is 2.64. The van der Waals surface area contributed by atoms with E-state index >= 15 is 0 Å². The second kappa shape index (κ2) is 5.94. The van der Waals surface area contributed by atoms with Gasteiger partial charge in [-0.1, -0.05) is 0 Å². The van der Waals surface area contributed by atoms with Gasteiger partial charge in [-0.15, -0.1) is 0 Å². The van der Waals surface area contributed by atoms with Crippen LogP contribution >= 0.6 is 0 Å². The van der Waals surface area contributed by atoms with Crippen molar-refractivity contribution in [3.8, 4) is 0 Å². The number of hydrogen-bond acceptors (Lipinski definition) is 1. The maximum Gasteiger partial charge on any atom is 0.315 e. The maximum atomic E-state index is 11.5. The van der Waals surface area contributed by atoms with E-state index in [9.17, 15) is 4.79 Å². The van der Waals surface area contributed by atoms with Crippen molar-refractivity contribution in [1.29, 1.82) is 0 Å². The summed E-state index contributed by atoms with van der Waals surface area (Å²) >= 11 is 0. The summed E-state index contributed by atoms with van der Waals surface area (Å²) < 4.78 is 2.29. The molecule has 0 saturated carbocycles. The fraction of sp³-hybridized carbons (Fsp3) is 0.643. The smallest absolute Gasteiger partial charge is 0.315 e. The Morgan fingerprint density at radius 2 is 1.89 bits per heavy atom. The van der Waals surface area contributed by atoms with Crippen LogP contribution in [0.1, 0.15) is 50.7 Å². The van der Waals surface area contributed by atoms with Crippen molar-refractivity contribution in [3.05, 3.63) is 23.0 Å². The Morgan fingerprint density at radius 3 is 2.33 bits per heavy atom. The van der Waals surface area contributed by atoms with E-state index in [1.165, 1.54) is 17.0 Å². The quantitative estimate of drug-likeness (QED) is 0.849. The lowest BCUT2D eigenvalue weighted by Crippen LogP contribution is -2.39. The Bertz CT molecular complexity index is 419. The van der Waals surface area contributed by atoms with Crippen molar-refractivity contribution >= 4 is 6.03 Å². The third-order valence-corrected chi connectivity index (χ3v) is 2.96. The lowest BCUT2D eigenvalue weighted by molar-refractivity contribution is 0.238. The standard InChI is InChI=1S/C14H25N3O/c1-9(2)16-14(18)15-8-13-7-11(5)17(10(3)4)12(13)6/h7,9-10H,8H2,1-6H3,(H2,15,16,18). The molecule has 0 aliphatic heterocycles. The Hall–Kier alpha value is -1.45. The van der Waals surface area contributed by atoms with E-state index in [0.29, 0.717) is 12.6 Å². The first-order valence-electron chi connectivity index (χ1n) is 6.54. The van der Waals surface area contributed by atoms with Crippen LogP contribution in [0.15, 0.2) is 6.07 Å². The molecule has 4 nitrogen and oxygen atoms in total. The van der Waals surface area contributed by atoms with Gasteiger partial charge in [0.15, 0.2) is 0 Å². The molecule has 0 fully saturated rings. The lowest BCUT2D eigenvalue weighted by atomic mass is 10.2. The Labute approximate surface area is 110 Å². The molecule has 0 aliphatic carbocycles. The van der Waals surface area contributed by atoms with Crippen molar-refractivity contribution in [3.63, 3.8) is 0 Å². The number of urea groups is 1. The molecule has 2 N–H and O–H groups in total. The zero-order valence-corrected chi connectivity index (χ0v) is 12.3. The highest BCUT2D eigenvalue weighted by molar-refractivity contribution is 5.74. The normalized spacial score (nSPS) is 11.1. The predicted molar refractivity (Wildman–Crippen MR) is 74.8 cm³/mol. The minimum atomic E-state index is -0.112. The summed E-state index contributed by atoms with van der Waals surface area (Å²) in [6.07, 6.45) is 0. The molecular formula is C14H25N3O. The first kappa shape index (κ1) is 14.6. The van der Waals surface area contributed by atoms with Gasteiger partial charge in [-0.3, -0.25) is 0 Å². The van der Waals surface area contributed by atoms with E-state index in [2.05, 4.69) is 49.0 Å². The van der Waals surface area contributed by atoms with E-state index in [0.717, 1.165) is 0 Å². The number of aromatic nitrogens is 1. The topological polar surface area (TPSA) is 46.1 Å². The van der Waals surface area contributed by atoms with Gasteiger partial charge in [0.05, 0.1) is 0 Å². The number of rotatable bonds is 4. The highest BCUT2D eigenvalue weighted by atomic mass is 16.2. The fourth-order valence-corrected chi connectivity index (χ4v) is 2.31. The van der Waals surface area contributed by atoms with Gasteiger partial charge >= 0.3 is 6.03 Å². The molecule has 1 rings (SSSR count). The van der Waals surface area contributed by atoms with Crippen LogP contribution in [0.3, 0.4) is 0 Å². The molecule has 2 amide bonds. The SMILES string of the molecule is Cc1cc(CNC(=O)NC(C)C)c(C)n1C(C)C. The molecule has 18 heavy (non-hydrogen) atoms. The van der Waals surface area contributed by atoms with Crippen molar-refractivity contribution in [2.75, 3.05) is 0 Å². The molecule has 1 aromatic heterocycles. The average molecular weight is 251 g/mol. The third-order valence-electron chi connectivity index (χ3n) is 2.96. The van der Waals surface area contributed by atoms with Crippen LogP contribution < -0.4 is 10.6 Å². The molecule has 102 valence electrons. The summed E-state index contributed by atoms with van der Waals surface area (Å²) in [5, 5.41) is 5.71. The molecule has 1 heterocycles. The molecule has 0 unspecified atom stereocenters. The summed E-state index contributed by atoms with van der Waals surface area (Å²) in [6.45, 7) is 13.0. The molecule has 4 heteroatoms. The highest BCUT2D eigenvalue weighted by Crippen LogP contribution is 2.19. The Morgan fingerprint density at radius 1 is 1.28 bits per heavy atom. The minimum absolute atomic E-state index is 0.112. The molecule has 0 spiro atoms. The van der Waals surface area contributed by atoms with E-state index in [1.54, 1.807) is 0 Å². The van der Waals surface area contributed by atoms with Crippen molar-refractivity contribution in [1.82, 2.24) is 15.2 Å². The molecule has 1 aromatic rings. The summed E-state index contributed by atoms with van der Waals surface area (Å²) in [4.78, 5) is 11.5. The van der Waals surface area contributed by atoms with E-state index < -0.39 is 0 Å². The number of nitrogens with one attached hydrogen (secondary N) is 2. The van der Waals surface area contributed by atoms with E-state index in [4.69, 9.17) is 0 Å². The number of carbonyl (C=O) groups excluding carboxylic acids is 1. The van der Waals surface area contributed by atoms with Crippen LogP contribution in [0.25, 0.3) is 0 Å². The molecule has 0 radical (unpaired) electrons. The van der Waals surface area contributed by atoms with Gasteiger partial charge < -0.3 is 15.2 Å². The van der Waals surface area contributed by atoms with Gasteiger partial charge in [-0.2, -0.15) is 0 Å². The van der Waals surface area contributed by atoms with Gasteiger partial charge in [0, 0.05) is 30.0 Å². The number of nitrogens with zero attached hydrogens (tertiary/aromatic N) is 1. The summed E-state index contributed by atoms with van der Waals surface area (Å²) in [5.41, 5.74) is 3.65. The van der Waals surface area contributed by atoms with Crippen LogP contribution in [0.4, 0.5) is 4.79 Å². The Balaban J connectivity index is 2.69. The molecule has 0 aliphatic rings. The average Bonchev–Trinajstić information content (AvgIpc) is 2.49. The number of amides is 2. The van der Waals surface area contributed by atoms with Crippen LogP contribution in [-0.4, -0.2) is 16.6 Å². The van der Waals surface area contributed by atoms with Crippen molar-refractivity contribution in [2.24, 2.45) is 0 Å².